The molecule has 0 nitrogen and oxygen atoms in total. The predicted molar refractivity (Wildman–Crippen MR) is 82.2 cm³/mol. The molecule has 2 heteroatoms. The van der Waals surface area contributed by atoms with E-state index in [4.69, 9.17) is 0 Å². The van der Waals surface area contributed by atoms with Gasteiger partial charge in [0, 0.05) is 8.93 Å². The van der Waals surface area contributed by atoms with E-state index in [1.807, 2.05) is 0 Å². The molecule has 1 unspecified atom stereocenters. The molecular formula is C14H25P2+. The van der Waals surface area contributed by atoms with Crippen LogP contribution >= 0.6 is 15.9 Å². The molecule has 0 saturated heterocycles. The summed E-state index contributed by atoms with van der Waals surface area (Å²) in [4.78, 5) is 0. The van der Waals surface area contributed by atoms with Crippen molar-refractivity contribution in [3.05, 3.63) is 30.3 Å². The van der Waals surface area contributed by atoms with E-state index >= 15 is 0 Å². The first-order valence-electron chi connectivity index (χ1n) is 5.84. The molecule has 0 fully saturated rings. The third-order valence-corrected chi connectivity index (χ3v) is 14.2. The average Bonchev–Trinajstić information content (AvgIpc) is 2.14. The van der Waals surface area contributed by atoms with Gasteiger partial charge in [-0.15, -0.1) is 0 Å². The fourth-order valence-electron chi connectivity index (χ4n) is 2.44. The second-order valence-corrected chi connectivity index (χ2v) is 13.4. The molecule has 0 saturated carbocycles. The van der Waals surface area contributed by atoms with Gasteiger partial charge < -0.3 is 0 Å². The maximum Gasteiger partial charge on any atom is 0.0969 e. The van der Waals surface area contributed by atoms with Crippen molar-refractivity contribution in [3.8, 4) is 0 Å². The Kier molecular flexibility index (Phi) is 3.88. The lowest BCUT2D eigenvalue weighted by Crippen LogP contribution is -2.36. The Bertz CT molecular complexity index is 327. The van der Waals surface area contributed by atoms with Gasteiger partial charge in [0.05, 0.1) is 22.6 Å². The largest absolute Gasteiger partial charge is 0.0969 e. The molecule has 0 bridgehead atoms. The molecule has 0 spiro atoms. The highest BCUT2D eigenvalue weighted by atomic mass is 32.1. The van der Waals surface area contributed by atoms with Crippen molar-refractivity contribution in [2.45, 2.75) is 51.9 Å². The molecule has 0 aliphatic rings. The van der Waals surface area contributed by atoms with Gasteiger partial charge in [-0.05, 0) is 53.7 Å². The Morgan fingerprint density at radius 2 is 1.19 bits per heavy atom. The highest BCUT2D eigenvalue weighted by Gasteiger charge is 2.55. The molecule has 1 aromatic rings. The lowest BCUT2D eigenvalue weighted by molar-refractivity contribution is 0.710. The van der Waals surface area contributed by atoms with Crippen LogP contribution in [0, 0.1) is 0 Å². The average molecular weight is 255 g/mol. The SMILES string of the molecule is CC(C)(C)[P+](P)(c1ccccc1)C(C)(C)C. The monoisotopic (exact) mass is 255 g/mol. The van der Waals surface area contributed by atoms with Crippen LogP contribution in [0.5, 0.6) is 0 Å². The number of hydrogen-bond donors (Lipinski definition) is 0. The number of rotatable bonds is 1. The highest BCUT2D eigenvalue weighted by molar-refractivity contribution is 8.30. The van der Waals surface area contributed by atoms with E-state index in [2.05, 4.69) is 80.8 Å². The third kappa shape index (κ3) is 2.34. The first-order valence-corrected chi connectivity index (χ1v) is 9.25. The molecule has 0 N–H and O–H groups in total. The third-order valence-electron chi connectivity index (χ3n) is 3.28. The lowest BCUT2D eigenvalue weighted by atomic mass is 10.2. The summed E-state index contributed by atoms with van der Waals surface area (Å²) in [6, 6.07) is 11.0. The van der Waals surface area contributed by atoms with Crippen molar-refractivity contribution in [1.82, 2.24) is 0 Å². The summed E-state index contributed by atoms with van der Waals surface area (Å²) in [5, 5.41) is 2.15. The summed E-state index contributed by atoms with van der Waals surface area (Å²) in [5.41, 5.74) is 0. The Labute approximate surface area is 104 Å². The molecule has 90 valence electrons. The highest BCUT2D eigenvalue weighted by Crippen LogP contribution is 2.81. The summed E-state index contributed by atoms with van der Waals surface area (Å²) in [6.45, 7) is 12.9. The van der Waals surface area contributed by atoms with Crippen molar-refractivity contribution in [1.29, 1.82) is 0 Å². The van der Waals surface area contributed by atoms with Crippen LogP contribution in [0.2, 0.25) is 0 Å². The van der Waals surface area contributed by atoms with Gasteiger partial charge >= 0.3 is 0 Å². The Morgan fingerprint density at radius 3 is 1.50 bits per heavy atom. The van der Waals surface area contributed by atoms with Gasteiger partial charge in [0.1, 0.15) is 0 Å². The van der Waals surface area contributed by atoms with Crippen LogP contribution < -0.4 is 5.30 Å². The molecular weight excluding hydrogens is 230 g/mol. The van der Waals surface area contributed by atoms with Crippen molar-refractivity contribution < 1.29 is 0 Å². The van der Waals surface area contributed by atoms with Gasteiger partial charge in [-0.1, -0.05) is 18.2 Å². The molecule has 1 atom stereocenters. The van der Waals surface area contributed by atoms with Gasteiger partial charge in [-0.3, -0.25) is 0 Å². The van der Waals surface area contributed by atoms with E-state index in [9.17, 15) is 0 Å². The fraction of sp³-hybridized carbons (Fsp3) is 0.571. The van der Waals surface area contributed by atoms with E-state index in [-0.39, 0.29) is 0 Å². The topological polar surface area (TPSA) is 0 Å². The van der Waals surface area contributed by atoms with Gasteiger partial charge in [0.25, 0.3) is 0 Å². The first-order chi connectivity index (χ1) is 7.11. The second-order valence-electron chi connectivity index (χ2n) is 6.40. The number of benzene rings is 1. The molecule has 0 radical (unpaired) electrons. The van der Waals surface area contributed by atoms with E-state index in [0.717, 1.165) is 0 Å². The predicted octanol–water partition coefficient (Wildman–Crippen LogP) is 4.72. The smallest absolute Gasteiger partial charge is 0.0620 e. The van der Waals surface area contributed by atoms with Crippen molar-refractivity contribution in [2.75, 3.05) is 0 Å². The zero-order chi connectivity index (χ0) is 12.6. The van der Waals surface area contributed by atoms with Crippen molar-refractivity contribution in [3.63, 3.8) is 0 Å². The maximum absolute atomic E-state index is 3.23. The quantitative estimate of drug-likeness (QED) is 0.637. The lowest BCUT2D eigenvalue weighted by Gasteiger charge is -2.44. The summed E-state index contributed by atoms with van der Waals surface area (Å²) in [6.07, 6.45) is 0. The Balaban J connectivity index is 3.39. The van der Waals surface area contributed by atoms with E-state index in [1.165, 1.54) is 5.30 Å². The minimum absolute atomic E-state index is 0.317. The van der Waals surface area contributed by atoms with Crippen LogP contribution in [-0.4, -0.2) is 10.3 Å². The molecule has 1 rings (SSSR count). The minimum atomic E-state index is -1.27. The summed E-state index contributed by atoms with van der Waals surface area (Å²) >= 11 is 0. The van der Waals surface area contributed by atoms with Crippen molar-refractivity contribution >= 4 is 21.2 Å². The van der Waals surface area contributed by atoms with Crippen LogP contribution in [0.15, 0.2) is 30.3 Å². The molecule has 0 aliphatic carbocycles. The zero-order valence-corrected chi connectivity index (χ0v) is 13.5. The van der Waals surface area contributed by atoms with Crippen LogP contribution in [0.3, 0.4) is 0 Å². The second kappa shape index (κ2) is 4.40. The van der Waals surface area contributed by atoms with Crippen LogP contribution in [-0.2, 0) is 0 Å². The number of hydrogen-bond acceptors (Lipinski definition) is 0. The molecule has 0 heterocycles. The zero-order valence-electron chi connectivity index (χ0n) is 11.4. The van der Waals surface area contributed by atoms with E-state index < -0.39 is 6.95 Å². The Hall–Kier alpha value is 0.0800. The maximum atomic E-state index is 3.23. The summed E-state index contributed by atoms with van der Waals surface area (Å²) in [7, 11) is 3.23. The van der Waals surface area contributed by atoms with E-state index in [1.54, 1.807) is 0 Å². The normalized spacial score (nSPS) is 13.9. The van der Waals surface area contributed by atoms with Crippen LogP contribution in [0.4, 0.5) is 0 Å². The first kappa shape index (κ1) is 14.1. The molecule has 0 aromatic heterocycles. The molecule has 1 aromatic carbocycles. The van der Waals surface area contributed by atoms with E-state index in [0.29, 0.717) is 10.3 Å². The molecule has 0 amide bonds. The minimum Gasteiger partial charge on any atom is -0.0620 e. The van der Waals surface area contributed by atoms with Gasteiger partial charge in [0.15, 0.2) is 0 Å². The molecule has 0 aliphatic heterocycles. The summed E-state index contributed by atoms with van der Waals surface area (Å²) in [5.74, 6) is 0. The van der Waals surface area contributed by atoms with Crippen molar-refractivity contribution in [2.24, 2.45) is 0 Å². The standard InChI is InChI=1S/C14H25P2/c1-13(2,3)16(15,14(4,5)6)12-10-8-7-9-11-12/h7-11H,15H2,1-6H3/q+1. The molecule has 16 heavy (non-hydrogen) atoms. The van der Waals surface area contributed by atoms with Crippen LogP contribution in [0.1, 0.15) is 41.5 Å². The van der Waals surface area contributed by atoms with Crippen LogP contribution in [0.25, 0.3) is 0 Å². The fourth-order valence-corrected chi connectivity index (χ4v) is 7.16. The Morgan fingerprint density at radius 1 is 0.812 bits per heavy atom. The van der Waals surface area contributed by atoms with Gasteiger partial charge in [-0.25, -0.2) is 0 Å². The van der Waals surface area contributed by atoms with Gasteiger partial charge in [0.2, 0.25) is 0 Å². The summed E-state index contributed by atoms with van der Waals surface area (Å²) < 4.78 is 0. The van der Waals surface area contributed by atoms with Gasteiger partial charge in [-0.2, -0.15) is 0 Å².